The van der Waals surface area contributed by atoms with Gasteiger partial charge in [0.05, 0.1) is 101 Å². The number of benzene rings is 9. The number of unbranched alkanes of at least 4 members (excludes halogenated alkanes) is 24. The average molecular weight is 1730 g/mol. The van der Waals surface area contributed by atoms with Gasteiger partial charge in [0.25, 0.3) is 23.6 Å². The second-order valence-electron chi connectivity index (χ2n) is 31.3. The number of alkyl halides is 6. The molecule has 0 bridgehead atoms. The lowest BCUT2D eigenvalue weighted by atomic mass is 9.75. The summed E-state index contributed by atoms with van der Waals surface area (Å²) in [6.45, 7) is 9.40. The van der Waals surface area contributed by atoms with Gasteiger partial charge in [-0.05, 0) is 143 Å². The molecule has 0 aromatic heterocycles. The molecule has 118 heavy (non-hydrogen) atoms. The van der Waals surface area contributed by atoms with Gasteiger partial charge >= 0.3 is 0 Å². The lowest BCUT2D eigenvalue weighted by Crippen LogP contribution is -2.44. The molecule has 0 fully saturated rings. The minimum atomic E-state index is -0.750. The van der Waals surface area contributed by atoms with Gasteiger partial charge in [0.15, 0.2) is 8.59 Å². The van der Waals surface area contributed by atoms with Crippen molar-refractivity contribution in [3.8, 4) is 90.5 Å². The van der Waals surface area contributed by atoms with Crippen LogP contribution in [0.2, 0.25) is 0 Å². The van der Waals surface area contributed by atoms with E-state index in [0.29, 0.717) is 156 Å². The van der Waals surface area contributed by atoms with Crippen LogP contribution in [0.3, 0.4) is 0 Å². The third-order valence-electron chi connectivity index (χ3n) is 23.8. The van der Waals surface area contributed by atoms with Crippen molar-refractivity contribution < 1.29 is 57.1 Å². The van der Waals surface area contributed by atoms with Crippen molar-refractivity contribution in [3.63, 3.8) is 0 Å². The number of fused-ring (bicyclic) bond motifs is 2. The molecule has 9 aromatic rings. The normalized spacial score (nSPS) is 13.1. The largest absolute Gasteiger partial charge is 0.496 e. The molecule has 14 nitrogen and oxygen atoms in total. The van der Waals surface area contributed by atoms with Gasteiger partial charge in [-0.15, -0.1) is 0 Å². The van der Waals surface area contributed by atoms with Crippen LogP contribution in [-0.4, -0.2) is 112 Å². The van der Waals surface area contributed by atoms with Crippen molar-refractivity contribution in [1.29, 1.82) is 0 Å². The highest BCUT2D eigenvalue weighted by Gasteiger charge is 2.45. The summed E-state index contributed by atoms with van der Waals surface area (Å²) < 4.78 is 49.6. The van der Waals surface area contributed by atoms with Gasteiger partial charge in [-0.1, -0.05) is 301 Å². The molecule has 2 aliphatic rings. The van der Waals surface area contributed by atoms with E-state index in [0.717, 1.165) is 116 Å². The summed E-state index contributed by atoms with van der Waals surface area (Å²) in [7, 11) is 12.9. The Hall–Kier alpha value is -7.30. The van der Waals surface area contributed by atoms with Crippen molar-refractivity contribution in [3.05, 3.63) is 119 Å². The van der Waals surface area contributed by atoms with Gasteiger partial charge in [-0.25, -0.2) is 0 Å². The van der Waals surface area contributed by atoms with Crippen LogP contribution in [0.1, 0.15) is 275 Å². The molecule has 0 saturated heterocycles. The van der Waals surface area contributed by atoms with Crippen molar-refractivity contribution in [1.82, 2.24) is 9.80 Å². The number of rotatable bonds is 48. The van der Waals surface area contributed by atoms with E-state index in [1.54, 1.807) is 66.7 Å². The Labute approximate surface area is 731 Å². The van der Waals surface area contributed by atoms with Crippen molar-refractivity contribution in [2.75, 3.05) is 70.0 Å². The van der Waals surface area contributed by atoms with Crippen LogP contribution in [0, 0.1) is 11.8 Å². The van der Waals surface area contributed by atoms with Crippen LogP contribution in [0.5, 0.6) is 46.0 Å². The number of amides is 4. The third kappa shape index (κ3) is 22.5. The van der Waals surface area contributed by atoms with E-state index in [1.165, 1.54) is 89.9 Å². The topological polar surface area (TPSA) is 149 Å². The Morgan fingerprint density at radius 2 is 0.424 bits per heavy atom. The maximum Gasteiger partial charge on any atom is 0.262 e. The van der Waals surface area contributed by atoms with Crippen LogP contribution < -0.4 is 37.9 Å². The molecule has 0 saturated carbocycles. The SMILES string of the molecule is CCCCCCCCCC[C@@H](CCCCCCCC)CN1C(=O)c2c(-c3c(OC)cccc3OC)cc3c4cc(-c5c(OC)cccc5OC)c5c6c(c(-c7c(OC)cccc7OC)cc(c7cc(-c8c(OC)cccc8OC)c(c2c37)C1=O)c64)C(=O)N(C[C@@H](CCCCCCCC)CCCCCCCCCC)C5=O.ClC(Cl)Cl.ClC(Cl)Cl. The lowest BCUT2D eigenvalue weighted by molar-refractivity contribution is 0.0563. The number of carbonyl (C=O) groups excluding carboxylic acids is 4. The number of nitrogens with zero attached hydrogens (tertiary/aromatic N) is 2. The molecule has 0 N–H and O–H groups in total. The predicted molar refractivity (Wildman–Crippen MR) is 493 cm³/mol. The molecule has 11 rings (SSSR count). The second-order valence-corrected chi connectivity index (χ2v) is 35.3. The summed E-state index contributed by atoms with van der Waals surface area (Å²) in [5.41, 5.74) is 5.16. The highest BCUT2D eigenvalue weighted by Crippen LogP contribution is 2.58. The number of hydrogen-bond donors (Lipinski definition) is 0. The average Bonchev–Trinajstić information content (AvgIpc) is 0.670. The maximum absolute atomic E-state index is 17.1. The van der Waals surface area contributed by atoms with Crippen LogP contribution >= 0.6 is 69.6 Å². The summed E-state index contributed by atoms with van der Waals surface area (Å²) in [4.78, 5) is 71.5. The summed E-state index contributed by atoms with van der Waals surface area (Å²) in [6, 6.07) is 30.7. The maximum atomic E-state index is 17.1. The number of carbonyl (C=O) groups is 4. The number of hydrogen-bond acceptors (Lipinski definition) is 12. The van der Waals surface area contributed by atoms with Crippen molar-refractivity contribution in [2.45, 2.75) is 242 Å². The van der Waals surface area contributed by atoms with Gasteiger partial charge in [0.1, 0.15) is 46.0 Å². The zero-order chi connectivity index (χ0) is 85.0. The summed E-state index contributed by atoms with van der Waals surface area (Å²) in [5, 5.41) is 4.64. The monoisotopic (exact) mass is 1730 g/mol. The van der Waals surface area contributed by atoms with Gasteiger partial charge in [-0.3, -0.25) is 29.0 Å². The molecule has 20 heteroatoms. The fourth-order valence-corrected chi connectivity index (χ4v) is 18.1. The Bertz CT molecular complexity index is 4170. The number of halogens is 6. The first kappa shape index (κ1) is 94.5. The molecule has 0 radical (unpaired) electrons. The minimum absolute atomic E-state index is 0.0156. The van der Waals surface area contributed by atoms with Crippen molar-refractivity contribution in [2.24, 2.45) is 11.8 Å². The molecule has 4 amide bonds. The number of imide groups is 2. The third-order valence-corrected chi connectivity index (χ3v) is 23.8. The molecule has 0 aliphatic carbocycles. The van der Waals surface area contributed by atoms with E-state index in [-0.39, 0.29) is 24.9 Å². The van der Waals surface area contributed by atoms with Crippen LogP contribution in [0.15, 0.2) is 97.1 Å². The summed E-state index contributed by atoms with van der Waals surface area (Å²) in [6.07, 6.45) is 35.7. The zero-order valence-corrected chi connectivity index (χ0v) is 76.2. The predicted octanol–water partition coefficient (Wildman–Crippen LogP) is 29.4. The summed E-state index contributed by atoms with van der Waals surface area (Å²) in [5.74, 6) is 1.86. The molecule has 2 atom stereocenters. The van der Waals surface area contributed by atoms with E-state index in [4.69, 9.17) is 108 Å². The number of ether oxygens (including phenoxy) is 8. The number of methoxy groups -OCH3 is 8. The Kier molecular flexibility index (Phi) is 38.3. The molecular weight excluding hydrogens is 1610 g/mol. The van der Waals surface area contributed by atoms with Crippen LogP contribution in [0.25, 0.3) is 87.6 Å². The van der Waals surface area contributed by atoms with Gasteiger partial charge in [-0.2, -0.15) is 0 Å². The fourth-order valence-electron chi connectivity index (χ4n) is 18.1. The van der Waals surface area contributed by atoms with E-state index >= 15 is 19.2 Å². The van der Waals surface area contributed by atoms with Gasteiger partial charge < -0.3 is 37.9 Å². The molecular formula is C98H124Cl6N2O12. The van der Waals surface area contributed by atoms with E-state index in [2.05, 4.69) is 52.0 Å². The van der Waals surface area contributed by atoms with Crippen LogP contribution in [0.4, 0.5) is 0 Å². The van der Waals surface area contributed by atoms with E-state index in [9.17, 15) is 0 Å². The molecule has 2 aliphatic heterocycles. The molecule has 640 valence electrons. The Morgan fingerprint density at radius 3 is 0.593 bits per heavy atom. The minimum Gasteiger partial charge on any atom is -0.496 e. The molecule has 0 spiro atoms. The van der Waals surface area contributed by atoms with E-state index < -0.39 is 32.2 Å². The van der Waals surface area contributed by atoms with E-state index in [1.807, 2.05) is 72.8 Å². The Morgan fingerprint density at radius 1 is 0.254 bits per heavy atom. The summed E-state index contributed by atoms with van der Waals surface area (Å²) >= 11 is 28.8. The first-order chi connectivity index (χ1) is 57.3. The fraction of sp³-hybridized carbons (Fsp3) is 0.510. The first-order valence-electron chi connectivity index (χ1n) is 43.1. The van der Waals surface area contributed by atoms with Gasteiger partial charge in [0, 0.05) is 46.1 Å². The highest BCUT2D eigenvalue weighted by atomic mass is 35.6. The molecule has 0 unspecified atom stereocenters. The highest BCUT2D eigenvalue weighted by molar-refractivity contribution is 6.63. The smallest absolute Gasteiger partial charge is 0.262 e. The standard InChI is InChI=1S/C96H122N2O12.2CHCl3/c1-13-17-21-25-29-31-35-39-47-63(45-37-33-27-23-19-15-3)61-97-93(99)87-69(83-73(103-5)49-41-50-74(83)104-6)57-65-67-59-71(85-77(107-9)53-43-54-78(85)108-10)89-92-82(67)68(66-58-70(88(94(97)100)91(87)81(65)66)84-75(105-7)51-42-52-76(84)106-8)60-72(86-79(109-11)55-44-56-80(86)110-12)90(92)96(102)98(95(89)101)62-64(46-38-34-28-24-20-16-4)48-40-36-32-30-26-22-18-14-2;2*2-1(3)4/h41-44,49-60,63-64H,13-40,45-48,61-62H2,1-12H3;2*1H/t63-,64+;;. The van der Waals surface area contributed by atoms with Gasteiger partial charge in [0.2, 0.25) is 0 Å². The van der Waals surface area contributed by atoms with Crippen molar-refractivity contribution >= 4 is 136 Å². The van der Waals surface area contributed by atoms with Crippen LogP contribution in [-0.2, 0) is 0 Å². The quantitative estimate of drug-likeness (QED) is 0.0117. The second kappa shape index (κ2) is 47.8. The molecule has 9 aromatic carbocycles. The Balaban J connectivity index is 0.00000190. The lowest BCUT2D eigenvalue weighted by Gasteiger charge is -2.36. The molecule has 2 heterocycles. The first-order valence-corrected chi connectivity index (χ1v) is 45.7. The zero-order valence-electron chi connectivity index (χ0n) is 71.6.